The molecule has 0 radical (unpaired) electrons. The maximum atomic E-state index is 11.6. The molecule has 1 unspecified atom stereocenters. The Hall–Kier alpha value is -1.35. The summed E-state index contributed by atoms with van der Waals surface area (Å²) in [5.74, 6) is 0.324. The topological polar surface area (TPSA) is 52.3 Å². The van der Waals surface area contributed by atoms with Gasteiger partial charge in [0.05, 0.1) is 12.2 Å². The zero-order valence-corrected chi connectivity index (χ0v) is 10.2. The lowest BCUT2D eigenvalue weighted by molar-refractivity contribution is 0.0526. The molecule has 1 aromatic rings. The van der Waals surface area contributed by atoms with Crippen molar-refractivity contribution in [1.82, 2.24) is 0 Å². The van der Waals surface area contributed by atoms with Crippen LogP contribution < -0.4 is 5.73 Å². The van der Waals surface area contributed by atoms with Crippen molar-refractivity contribution in [2.24, 2.45) is 11.7 Å². The Labute approximate surface area is 102 Å². The highest BCUT2D eigenvalue weighted by molar-refractivity contribution is 5.89. The number of hydrogen-bond donors (Lipinski definition) is 1. The first-order valence-electron chi connectivity index (χ1n) is 6.23. The van der Waals surface area contributed by atoms with Crippen LogP contribution >= 0.6 is 0 Å². The molecule has 2 rings (SSSR count). The van der Waals surface area contributed by atoms with E-state index in [9.17, 15) is 4.79 Å². The molecule has 0 spiro atoms. The van der Waals surface area contributed by atoms with E-state index in [1.807, 2.05) is 25.1 Å². The van der Waals surface area contributed by atoms with Gasteiger partial charge in [-0.25, -0.2) is 4.79 Å². The highest BCUT2D eigenvalue weighted by Gasteiger charge is 2.19. The molecule has 1 aliphatic rings. The highest BCUT2D eigenvalue weighted by Crippen LogP contribution is 2.26. The van der Waals surface area contributed by atoms with E-state index < -0.39 is 0 Å². The van der Waals surface area contributed by atoms with Crippen LogP contribution in [-0.2, 0) is 17.6 Å². The van der Waals surface area contributed by atoms with Crippen LogP contribution in [0.4, 0.5) is 0 Å². The quantitative estimate of drug-likeness (QED) is 0.812. The van der Waals surface area contributed by atoms with Gasteiger partial charge in [-0.1, -0.05) is 6.07 Å². The predicted octanol–water partition coefficient (Wildman–Crippen LogP) is 1.93. The molecular formula is C14H19NO2. The van der Waals surface area contributed by atoms with Crippen molar-refractivity contribution >= 4 is 5.97 Å². The van der Waals surface area contributed by atoms with Crippen molar-refractivity contribution in [2.75, 3.05) is 13.2 Å². The van der Waals surface area contributed by atoms with E-state index in [1.54, 1.807) is 0 Å². The lowest BCUT2D eigenvalue weighted by Gasteiger charge is -2.23. The van der Waals surface area contributed by atoms with E-state index in [-0.39, 0.29) is 5.97 Å². The maximum absolute atomic E-state index is 11.6. The van der Waals surface area contributed by atoms with E-state index in [2.05, 4.69) is 0 Å². The Bertz CT molecular complexity index is 415. The molecular weight excluding hydrogens is 214 g/mol. The van der Waals surface area contributed by atoms with Crippen LogP contribution in [0.1, 0.15) is 34.8 Å². The first-order chi connectivity index (χ1) is 8.24. The van der Waals surface area contributed by atoms with Gasteiger partial charge in [-0.2, -0.15) is 0 Å². The molecule has 3 nitrogen and oxygen atoms in total. The van der Waals surface area contributed by atoms with Crippen LogP contribution in [0.15, 0.2) is 18.2 Å². The van der Waals surface area contributed by atoms with E-state index in [0.29, 0.717) is 18.1 Å². The third kappa shape index (κ3) is 2.67. The molecule has 0 bridgehead atoms. The monoisotopic (exact) mass is 233 g/mol. The van der Waals surface area contributed by atoms with E-state index >= 15 is 0 Å². The van der Waals surface area contributed by atoms with Crippen LogP contribution in [0.3, 0.4) is 0 Å². The molecule has 0 saturated heterocycles. The third-order valence-corrected chi connectivity index (χ3v) is 3.38. The van der Waals surface area contributed by atoms with Crippen LogP contribution in [0, 0.1) is 5.92 Å². The lowest BCUT2D eigenvalue weighted by atomic mass is 9.83. The Balaban J connectivity index is 2.21. The molecule has 17 heavy (non-hydrogen) atoms. The minimum Gasteiger partial charge on any atom is -0.462 e. The van der Waals surface area contributed by atoms with Crippen molar-refractivity contribution in [1.29, 1.82) is 0 Å². The number of benzene rings is 1. The summed E-state index contributed by atoms with van der Waals surface area (Å²) in [7, 11) is 0. The average Bonchev–Trinajstić information content (AvgIpc) is 2.37. The molecule has 1 atom stereocenters. The number of carbonyl (C=O) groups is 1. The van der Waals surface area contributed by atoms with Crippen molar-refractivity contribution in [3.05, 3.63) is 34.9 Å². The number of rotatable bonds is 3. The highest BCUT2D eigenvalue weighted by atomic mass is 16.5. The maximum Gasteiger partial charge on any atom is 0.338 e. The van der Waals surface area contributed by atoms with E-state index in [1.165, 1.54) is 11.1 Å². The smallest absolute Gasteiger partial charge is 0.338 e. The number of fused-ring (bicyclic) bond motifs is 1. The summed E-state index contributed by atoms with van der Waals surface area (Å²) >= 11 is 0. The first-order valence-corrected chi connectivity index (χ1v) is 6.23. The van der Waals surface area contributed by atoms with Crippen LogP contribution in [-0.4, -0.2) is 19.1 Å². The average molecular weight is 233 g/mol. The summed E-state index contributed by atoms with van der Waals surface area (Å²) in [5.41, 5.74) is 8.98. The van der Waals surface area contributed by atoms with E-state index in [0.717, 1.165) is 25.8 Å². The molecule has 0 fully saturated rings. The van der Waals surface area contributed by atoms with Gasteiger partial charge >= 0.3 is 5.97 Å². The Morgan fingerprint density at radius 2 is 2.29 bits per heavy atom. The second-order valence-electron chi connectivity index (χ2n) is 4.55. The lowest BCUT2D eigenvalue weighted by Crippen LogP contribution is -2.22. The summed E-state index contributed by atoms with van der Waals surface area (Å²) in [6.45, 7) is 2.96. The fourth-order valence-electron chi connectivity index (χ4n) is 2.38. The van der Waals surface area contributed by atoms with Gasteiger partial charge in [-0.15, -0.1) is 0 Å². The molecule has 1 aromatic carbocycles. The summed E-state index contributed by atoms with van der Waals surface area (Å²) in [4.78, 5) is 11.6. The SMILES string of the molecule is CCOC(=O)c1ccc2c(c1)CC(CN)CC2. The minimum atomic E-state index is -0.231. The molecule has 92 valence electrons. The summed E-state index contributed by atoms with van der Waals surface area (Å²) in [5, 5.41) is 0. The molecule has 3 heteroatoms. The summed E-state index contributed by atoms with van der Waals surface area (Å²) < 4.78 is 5.01. The van der Waals surface area contributed by atoms with Crippen LogP contribution in [0.25, 0.3) is 0 Å². The van der Waals surface area contributed by atoms with Gasteiger partial charge in [-0.3, -0.25) is 0 Å². The van der Waals surface area contributed by atoms with Crippen molar-refractivity contribution < 1.29 is 9.53 Å². The second-order valence-corrected chi connectivity index (χ2v) is 4.55. The van der Waals surface area contributed by atoms with Gasteiger partial charge in [0.2, 0.25) is 0 Å². The molecule has 0 aromatic heterocycles. The van der Waals surface area contributed by atoms with Gasteiger partial charge in [-0.05, 0) is 61.9 Å². The standard InChI is InChI=1S/C14H19NO2/c1-2-17-14(16)12-6-5-11-4-3-10(9-15)7-13(11)8-12/h5-6,8,10H,2-4,7,9,15H2,1H3. The van der Waals surface area contributed by atoms with Crippen LogP contribution in [0.5, 0.6) is 0 Å². The molecule has 0 amide bonds. The van der Waals surface area contributed by atoms with E-state index in [4.69, 9.17) is 10.5 Å². The number of aryl methyl sites for hydroxylation is 1. The number of ether oxygens (including phenoxy) is 1. The second kappa shape index (κ2) is 5.32. The molecule has 1 aliphatic carbocycles. The van der Waals surface area contributed by atoms with Crippen molar-refractivity contribution in [3.8, 4) is 0 Å². The molecule has 2 N–H and O–H groups in total. The van der Waals surface area contributed by atoms with Crippen molar-refractivity contribution in [2.45, 2.75) is 26.2 Å². The number of hydrogen-bond acceptors (Lipinski definition) is 3. The molecule has 0 heterocycles. The predicted molar refractivity (Wildman–Crippen MR) is 67.0 cm³/mol. The van der Waals surface area contributed by atoms with Gasteiger partial charge in [0.25, 0.3) is 0 Å². The largest absolute Gasteiger partial charge is 0.462 e. The Morgan fingerprint density at radius 3 is 3.00 bits per heavy atom. The fourth-order valence-corrected chi connectivity index (χ4v) is 2.38. The summed E-state index contributed by atoms with van der Waals surface area (Å²) in [6, 6.07) is 5.88. The number of carbonyl (C=O) groups excluding carboxylic acids is 1. The summed E-state index contributed by atoms with van der Waals surface area (Å²) in [6.07, 6.45) is 3.21. The number of nitrogens with two attached hydrogens (primary N) is 1. The third-order valence-electron chi connectivity index (χ3n) is 3.38. The Morgan fingerprint density at radius 1 is 1.47 bits per heavy atom. The van der Waals surface area contributed by atoms with Gasteiger partial charge in [0.15, 0.2) is 0 Å². The first kappa shape index (κ1) is 12.1. The minimum absolute atomic E-state index is 0.231. The van der Waals surface area contributed by atoms with Gasteiger partial charge in [0, 0.05) is 0 Å². The zero-order valence-electron chi connectivity index (χ0n) is 10.2. The van der Waals surface area contributed by atoms with Gasteiger partial charge < -0.3 is 10.5 Å². The van der Waals surface area contributed by atoms with Gasteiger partial charge in [0.1, 0.15) is 0 Å². The van der Waals surface area contributed by atoms with Crippen LogP contribution in [0.2, 0.25) is 0 Å². The Kier molecular flexibility index (Phi) is 3.79. The number of esters is 1. The normalized spacial score (nSPS) is 18.6. The molecule has 0 saturated carbocycles. The van der Waals surface area contributed by atoms with Crippen molar-refractivity contribution in [3.63, 3.8) is 0 Å². The molecule has 0 aliphatic heterocycles. The fraction of sp³-hybridized carbons (Fsp3) is 0.500. The zero-order chi connectivity index (χ0) is 12.3.